The van der Waals surface area contributed by atoms with E-state index in [1.54, 1.807) is 36.7 Å². The lowest BCUT2D eigenvalue weighted by atomic mass is 10.1. The van der Waals surface area contributed by atoms with Crippen molar-refractivity contribution < 1.29 is 14.4 Å². The number of aromatic nitrogens is 2. The molecule has 4 N–H and O–H groups in total. The van der Waals surface area contributed by atoms with E-state index in [0.717, 1.165) is 60.2 Å². The number of nitrogens with zero attached hydrogens (tertiary/aromatic N) is 3. The first-order valence-electron chi connectivity index (χ1n) is 17.1. The Kier molecular flexibility index (Phi) is 10.6. The van der Waals surface area contributed by atoms with E-state index in [4.69, 9.17) is 4.36 Å². The largest absolute Gasteiger partial charge is 0.508 e. The molecule has 8 nitrogen and oxygen atoms in total. The van der Waals surface area contributed by atoms with E-state index in [2.05, 4.69) is 36.5 Å². The summed E-state index contributed by atoms with van der Waals surface area (Å²) < 4.78 is 20.1. The van der Waals surface area contributed by atoms with Crippen molar-refractivity contribution in [1.82, 2.24) is 9.97 Å². The van der Waals surface area contributed by atoms with E-state index in [9.17, 15) is 14.4 Å². The average Bonchev–Trinajstić information content (AvgIpc) is 3.19. The third-order valence-corrected chi connectivity index (χ3v) is 11.6. The molecule has 0 spiro atoms. The minimum absolute atomic E-state index is 0.188. The topological polar surface area (TPSA) is 120 Å². The molecule has 8 aromatic rings. The van der Waals surface area contributed by atoms with E-state index in [0.29, 0.717) is 15.5 Å². The summed E-state index contributed by atoms with van der Waals surface area (Å²) in [6.07, 6.45) is 3.51. The SMILES string of the molecule is Cc1ccc(O)cc1Nc1ccnc2ccc(Br)cc12.Cc1ccc(O)cc1Nc1ccnc2ccc(N=S(=O)(c3ccccc3)c3ccccc3)cc12. The van der Waals surface area contributed by atoms with E-state index >= 15 is 0 Å². The number of hydrogen-bond donors (Lipinski definition) is 4. The predicted molar refractivity (Wildman–Crippen MR) is 223 cm³/mol. The smallest absolute Gasteiger partial charge is 0.117 e. The standard InChI is InChI=1S/C28H23N3O2S.C16H13BrN2O/c1-20-12-14-22(32)19-28(20)30-27-16-17-29-26-15-13-21(18-25(26)27)31-34(33,23-8-4-2-5-9-23)24-10-6-3-7-11-24;1-10-2-4-12(20)9-16(10)19-15-6-7-18-14-5-3-11(17)8-13(14)15/h2-19,32H,1H3,(H,29,30);2-9,20H,1H3,(H,18,19). The van der Waals surface area contributed by atoms with E-state index in [1.807, 2.05) is 135 Å². The Balaban J connectivity index is 0.000000191. The molecular formula is C44H36BrN5O3S. The van der Waals surface area contributed by atoms with Crippen molar-refractivity contribution in [2.45, 2.75) is 23.6 Å². The molecule has 0 unspecified atom stereocenters. The number of pyridine rings is 2. The Labute approximate surface area is 322 Å². The van der Waals surface area contributed by atoms with Crippen molar-refractivity contribution in [2.24, 2.45) is 4.36 Å². The molecule has 10 heteroatoms. The number of fused-ring (bicyclic) bond motifs is 2. The van der Waals surface area contributed by atoms with Crippen molar-refractivity contribution >= 4 is 75.9 Å². The molecule has 0 saturated carbocycles. The number of anilines is 4. The number of nitrogens with one attached hydrogen (secondary N) is 2. The van der Waals surface area contributed by atoms with Crippen molar-refractivity contribution in [3.63, 3.8) is 0 Å². The Morgan fingerprint density at radius 2 is 1.04 bits per heavy atom. The first kappa shape index (κ1) is 36.1. The van der Waals surface area contributed by atoms with Gasteiger partial charge in [0.15, 0.2) is 0 Å². The van der Waals surface area contributed by atoms with Gasteiger partial charge >= 0.3 is 0 Å². The third-order valence-electron chi connectivity index (χ3n) is 8.77. The van der Waals surface area contributed by atoms with Gasteiger partial charge in [-0.3, -0.25) is 9.97 Å². The second kappa shape index (κ2) is 15.8. The fourth-order valence-corrected chi connectivity index (χ4v) is 8.21. The maximum atomic E-state index is 14.3. The molecular weight excluding hydrogens is 758 g/mol. The molecule has 0 saturated heterocycles. The van der Waals surface area contributed by atoms with Gasteiger partial charge in [0.1, 0.15) is 21.2 Å². The summed E-state index contributed by atoms with van der Waals surface area (Å²) in [5.74, 6) is 0.435. The van der Waals surface area contributed by atoms with Crippen LogP contribution in [0.5, 0.6) is 11.5 Å². The van der Waals surface area contributed by atoms with Crippen molar-refractivity contribution in [1.29, 1.82) is 0 Å². The van der Waals surface area contributed by atoms with Crippen LogP contribution in [-0.4, -0.2) is 24.4 Å². The highest BCUT2D eigenvalue weighted by Crippen LogP contribution is 2.34. The Hall–Kier alpha value is -6.23. The molecule has 268 valence electrons. The minimum Gasteiger partial charge on any atom is -0.508 e. The van der Waals surface area contributed by atoms with Gasteiger partial charge in [-0.2, -0.15) is 4.36 Å². The van der Waals surface area contributed by atoms with Crippen LogP contribution in [0.3, 0.4) is 0 Å². The van der Waals surface area contributed by atoms with Gasteiger partial charge in [-0.05, 0) is 110 Å². The number of aryl methyl sites for hydroxylation is 2. The predicted octanol–water partition coefficient (Wildman–Crippen LogP) is 12.0. The molecule has 0 aliphatic rings. The van der Waals surface area contributed by atoms with Crippen molar-refractivity contribution in [3.05, 3.63) is 174 Å². The minimum atomic E-state index is -2.90. The van der Waals surface area contributed by atoms with Crippen LogP contribution < -0.4 is 10.6 Å². The average molecular weight is 795 g/mol. The van der Waals surface area contributed by atoms with Crippen LogP contribution in [-0.2, 0) is 9.73 Å². The normalized spacial score (nSPS) is 11.1. The second-order valence-corrected chi connectivity index (χ2v) is 15.7. The summed E-state index contributed by atoms with van der Waals surface area (Å²) in [4.78, 5) is 10.1. The van der Waals surface area contributed by atoms with E-state index < -0.39 is 9.73 Å². The molecule has 0 bridgehead atoms. The second-order valence-electron chi connectivity index (χ2n) is 12.6. The van der Waals surface area contributed by atoms with Gasteiger partial charge < -0.3 is 20.8 Å². The summed E-state index contributed by atoms with van der Waals surface area (Å²) in [6, 6.07) is 44.6. The zero-order chi connectivity index (χ0) is 37.7. The maximum Gasteiger partial charge on any atom is 0.117 e. The van der Waals surface area contributed by atoms with Crippen LogP contribution in [0.1, 0.15) is 11.1 Å². The number of phenols is 2. The molecule has 0 radical (unpaired) electrons. The van der Waals surface area contributed by atoms with Crippen LogP contribution >= 0.6 is 15.9 Å². The summed E-state index contributed by atoms with van der Waals surface area (Å²) in [7, 11) is -2.90. The summed E-state index contributed by atoms with van der Waals surface area (Å²) in [5, 5.41) is 28.2. The van der Waals surface area contributed by atoms with E-state index in [1.165, 1.54) is 0 Å². The summed E-state index contributed by atoms with van der Waals surface area (Å²) in [6.45, 7) is 3.97. The lowest BCUT2D eigenvalue weighted by Gasteiger charge is -2.14. The van der Waals surface area contributed by atoms with E-state index in [-0.39, 0.29) is 11.5 Å². The third kappa shape index (κ3) is 8.05. The van der Waals surface area contributed by atoms with Gasteiger partial charge in [-0.1, -0.05) is 64.5 Å². The van der Waals surface area contributed by atoms with Crippen molar-refractivity contribution in [2.75, 3.05) is 10.6 Å². The molecule has 0 amide bonds. The van der Waals surface area contributed by atoms with Gasteiger partial charge in [0.05, 0.1) is 26.5 Å². The zero-order valence-corrected chi connectivity index (χ0v) is 31.8. The molecule has 6 aromatic carbocycles. The first-order chi connectivity index (χ1) is 26.2. The van der Waals surface area contributed by atoms with Gasteiger partial charge in [-0.15, -0.1) is 0 Å². The highest BCUT2D eigenvalue weighted by Gasteiger charge is 2.16. The lowest BCUT2D eigenvalue weighted by Crippen LogP contribution is -2.01. The number of benzene rings is 6. The molecule has 0 fully saturated rings. The van der Waals surface area contributed by atoms with Gasteiger partial charge in [0, 0.05) is 62.5 Å². The molecule has 0 atom stereocenters. The number of aromatic hydroxyl groups is 2. The van der Waals surface area contributed by atoms with Gasteiger partial charge in [0.2, 0.25) is 0 Å². The molecule has 8 rings (SSSR count). The Morgan fingerprint density at radius 3 is 1.56 bits per heavy atom. The maximum absolute atomic E-state index is 14.3. The molecule has 2 heterocycles. The Morgan fingerprint density at radius 1 is 0.556 bits per heavy atom. The molecule has 54 heavy (non-hydrogen) atoms. The van der Waals surface area contributed by atoms with Gasteiger partial charge in [0.25, 0.3) is 0 Å². The van der Waals surface area contributed by atoms with Crippen LogP contribution in [0.15, 0.2) is 177 Å². The fraction of sp³-hybridized carbons (Fsp3) is 0.0455. The lowest BCUT2D eigenvalue weighted by molar-refractivity contribution is 0.475. The number of phenolic OH excluding ortho intramolecular Hbond substituents is 2. The highest BCUT2D eigenvalue weighted by molar-refractivity contribution is 9.10. The number of halogens is 1. The summed E-state index contributed by atoms with van der Waals surface area (Å²) >= 11 is 3.48. The quantitative estimate of drug-likeness (QED) is 0.127. The van der Waals surface area contributed by atoms with Crippen LogP contribution in [0.2, 0.25) is 0 Å². The monoisotopic (exact) mass is 793 g/mol. The number of hydrogen-bond acceptors (Lipinski definition) is 8. The van der Waals surface area contributed by atoms with Crippen LogP contribution in [0, 0.1) is 13.8 Å². The molecule has 2 aromatic heterocycles. The number of rotatable bonds is 7. The fourth-order valence-electron chi connectivity index (χ4n) is 5.91. The summed E-state index contributed by atoms with van der Waals surface area (Å²) in [5.41, 5.74) is 7.84. The molecule has 0 aliphatic heterocycles. The van der Waals surface area contributed by atoms with Crippen LogP contribution in [0.4, 0.5) is 28.4 Å². The van der Waals surface area contributed by atoms with Gasteiger partial charge in [-0.25, -0.2) is 4.21 Å². The molecule has 0 aliphatic carbocycles. The zero-order valence-electron chi connectivity index (χ0n) is 29.4. The first-order valence-corrected chi connectivity index (χ1v) is 19.4. The van der Waals surface area contributed by atoms with Crippen LogP contribution in [0.25, 0.3) is 21.8 Å². The highest BCUT2D eigenvalue weighted by atomic mass is 79.9. The Bertz CT molecular complexity index is 2690. The van der Waals surface area contributed by atoms with Crippen molar-refractivity contribution in [3.8, 4) is 11.5 Å².